The van der Waals surface area contributed by atoms with Gasteiger partial charge in [-0.15, -0.1) is 0 Å². The van der Waals surface area contributed by atoms with Crippen LogP contribution >= 0.6 is 11.3 Å². The van der Waals surface area contributed by atoms with Gasteiger partial charge in [-0.2, -0.15) is 0 Å². The number of aromatic nitrogens is 3. The van der Waals surface area contributed by atoms with Crippen LogP contribution in [0, 0.1) is 5.92 Å². The summed E-state index contributed by atoms with van der Waals surface area (Å²) in [5.74, 6) is 0.265. The van der Waals surface area contributed by atoms with Gasteiger partial charge in [-0.1, -0.05) is 24.2 Å². The van der Waals surface area contributed by atoms with Gasteiger partial charge in [-0.3, -0.25) is 0 Å². The molecule has 1 aromatic carbocycles. The first-order chi connectivity index (χ1) is 14.1. The van der Waals surface area contributed by atoms with Gasteiger partial charge < -0.3 is 20.3 Å². The summed E-state index contributed by atoms with van der Waals surface area (Å²) in [5, 5.41) is 9.94. The largest absolute Gasteiger partial charge is 0.495 e. The van der Waals surface area contributed by atoms with Crippen molar-refractivity contribution < 1.29 is 19.4 Å². The van der Waals surface area contributed by atoms with Crippen LogP contribution in [0.25, 0.3) is 21.3 Å². The number of fused-ring (bicyclic) bond motifs is 1. The molecule has 3 aromatic rings. The molecule has 0 aliphatic heterocycles. The van der Waals surface area contributed by atoms with Gasteiger partial charge in [0.05, 0.1) is 17.3 Å². The second kappa shape index (κ2) is 8.30. The lowest BCUT2D eigenvalue weighted by Gasteiger charge is -2.19. The van der Waals surface area contributed by atoms with Crippen molar-refractivity contribution in [2.45, 2.75) is 38.4 Å². The average molecular weight is 414 g/mol. The van der Waals surface area contributed by atoms with E-state index < -0.39 is 12.1 Å². The van der Waals surface area contributed by atoms with Crippen LogP contribution in [0.4, 0.5) is 5.13 Å². The topological polar surface area (TPSA) is 120 Å². The maximum atomic E-state index is 11.5. The zero-order valence-electron chi connectivity index (χ0n) is 16.0. The number of hydrogen-bond acceptors (Lipinski definition) is 8. The number of benzene rings is 1. The smallest absolute Gasteiger partial charge is 0.333 e. The molecule has 0 saturated heterocycles. The predicted molar refractivity (Wildman–Crippen MR) is 110 cm³/mol. The summed E-state index contributed by atoms with van der Waals surface area (Å²) < 4.78 is 12.1. The fourth-order valence-corrected chi connectivity index (χ4v) is 4.67. The molecule has 0 bridgehead atoms. The first-order valence-electron chi connectivity index (χ1n) is 9.45. The molecule has 1 aliphatic carbocycles. The molecule has 1 saturated carbocycles. The summed E-state index contributed by atoms with van der Waals surface area (Å²) in [4.78, 5) is 24.5. The lowest BCUT2D eigenvalue weighted by atomic mass is 10.0. The van der Waals surface area contributed by atoms with Gasteiger partial charge in [0.25, 0.3) is 0 Å². The van der Waals surface area contributed by atoms with Crippen LogP contribution in [0.15, 0.2) is 24.5 Å². The van der Waals surface area contributed by atoms with E-state index in [4.69, 9.17) is 15.2 Å². The molecule has 8 nitrogen and oxygen atoms in total. The van der Waals surface area contributed by atoms with Crippen LogP contribution in [0.1, 0.15) is 31.5 Å². The van der Waals surface area contributed by atoms with Crippen molar-refractivity contribution in [1.82, 2.24) is 15.0 Å². The van der Waals surface area contributed by atoms with Crippen molar-refractivity contribution in [3.8, 4) is 16.9 Å². The van der Waals surface area contributed by atoms with Gasteiger partial charge in [0.15, 0.2) is 17.1 Å². The third-order valence-electron chi connectivity index (χ3n) is 5.21. The molecule has 1 fully saturated rings. The van der Waals surface area contributed by atoms with Crippen molar-refractivity contribution in [1.29, 1.82) is 0 Å². The molecule has 3 N–H and O–H groups in total. The number of rotatable bonds is 7. The van der Waals surface area contributed by atoms with Crippen LogP contribution in [0.5, 0.6) is 5.75 Å². The SMILES string of the molecule is COc1c(-c2cnc(COC(C(=O)O)C3CCCC3)nc2)ccc2nc(N)sc12. The molecule has 1 atom stereocenters. The standard InChI is InChI=1S/C20H22N4O4S/c1-27-17-13(6-7-14-18(17)29-20(21)24-14)12-8-22-15(23-9-12)10-28-16(19(25)26)11-4-2-3-5-11/h6-9,11,16H,2-5,10H2,1H3,(H2,21,24)(H,25,26). The van der Waals surface area contributed by atoms with E-state index in [1.54, 1.807) is 19.5 Å². The second-order valence-corrected chi connectivity index (χ2v) is 8.08. The normalized spacial score (nSPS) is 15.6. The van der Waals surface area contributed by atoms with E-state index in [9.17, 15) is 9.90 Å². The first-order valence-corrected chi connectivity index (χ1v) is 10.3. The van der Waals surface area contributed by atoms with Gasteiger partial charge in [0.1, 0.15) is 12.4 Å². The van der Waals surface area contributed by atoms with Crippen LogP contribution < -0.4 is 10.5 Å². The van der Waals surface area contributed by atoms with E-state index in [1.807, 2.05) is 12.1 Å². The van der Waals surface area contributed by atoms with Crippen molar-refractivity contribution in [2.24, 2.45) is 5.92 Å². The minimum atomic E-state index is -0.921. The maximum absolute atomic E-state index is 11.5. The molecule has 1 aliphatic rings. The van der Waals surface area contributed by atoms with Crippen molar-refractivity contribution >= 4 is 32.7 Å². The number of carbonyl (C=O) groups is 1. The lowest BCUT2D eigenvalue weighted by molar-refractivity contribution is -0.155. The molecule has 29 heavy (non-hydrogen) atoms. The number of ether oxygens (including phenoxy) is 2. The Kier molecular flexibility index (Phi) is 5.59. The Morgan fingerprint density at radius 2 is 2.03 bits per heavy atom. The number of nitrogen functional groups attached to an aromatic ring is 1. The van der Waals surface area contributed by atoms with E-state index in [-0.39, 0.29) is 12.5 Å². The molecule has 0 amide bonds. The molecule has 4 rings (SSSR count). The Hall–Kier alpha value is -2.78. The van der Waals surface area contributed by atoms with Crippen molar-refractivity contribution in [3.05, 3.63) is 30.4 Å². The van der Waals surface area contributed by atoms with Gasteiger partial charge in [-0.05, 0) is 30.9 Å². The van der Waals surface area contributed by atoms with Crippen molar-refractivity contribution in [3.63, 3.8) is 0 Å². The summed E-state index contributed by atoms with van der Waals surface area (Å²) in [6, 6.07) is 3.78. The molecule has 0 radical (unpaired) electrons. The van der Waals surface area contributed by atoms with Crippen molar-refractivity contribution in [2.75, 3.05) is 12.8 Å². The molecule has 152 valence electrons. The Bertz CT molecular complexity index is 1020. The highest BCUT2D eigenvalue weighted by atomic mass is 32.1. The molecule has 1 unspecified atom stereocenters. The molecule has 2 heterocycles. The zero-order chi connectivity index (χ0) is 20.4. The van der Waals surface area contributed by atoms with E-state index in [2.05, 4.69) is 15.0 Å². The lowest BCUT2D eigenvalue weighted by Crippen LogP contribution is -2.31. The third kappa shape index (κ3) is 4.01. The number of methoxy groups -OCH3 is 1. The highest BCUT2D eigenvalue weighted by Crippen LogP contribution is 2.40. The van der Waals surface area contributed by atoms with Crippen LogP contribution in [-0.2, 0) is 16.1 Å². The Morgan fingerprint density at radius 1 is 1.31 bits per heavy atom. The maximum Gasteiger partial charge on any atom is 0.333 e. The first kappa shape index (κ1) is 19.5. The minimum absolute atomic E-state index is 0.0644. The number of aliphatic carboxylic acids is 1. The zero-order valence-corrected chi connectivity index (χ0v) is 16.8. The van der Waals surface area contributed by atoms with Crippen LogP contribution in [0.2, 0.25) is 0 Å². The summed E-state index contributed by atoms with van der Waals surface area (Å²) in [5.41, 5.74) is 8.22. The highest BCUT2D eigenvalue weighted by molar-refractivity contribution is 7.22. The molecular formula is C20H22N4O4S. The summed E-state index contributed by atoms with van der Waals surface area (Å²) in [6.07, 6.45) is 6.46. The number of thiazole rings is 1. The van der Waals surface area contributed by atoms with Gasteiger partial charge in [0.2, 0.25) is 0 Å². The van der Waals surface area contributed by atoms with E-state index in [1.165, 1.54) is 11.3 Å². The van der Waals surface area contributed by atoms with Crippen LogP contribution in [-0.4, -0.2) is 39.2 Å². The number of hydrogen-bond donors (Lipinski definition) is 2. The Balaban J connectivity index is 1.52. The Morgan fingerprint density at radius 3 is 2.69 bits per heavy atom. The quantitative estimate of drug-likeness (QED) is 0.603. The van der Waals surface area contributed by atoms with E-state index in [0.717, 1.165) is 47.0 Å². The fourth-order valence-electron chi connectivity index (χ4n) is 3.82. The summed E-state index contributed by atoms with van der Waals surface area (Å²) >= 11 is 1.37. The van der Waals surface area contributed by atoms with Gasteiger partial charge >= 0.3 is 5.97 Å². The number of nitrogens with two attached hydrogens (primary N) is 1. The molecule has 9 heteroatoms. The molecule has 0 spiro atoms. The summed E-state index contributed by atoms with van der Waals surface area (Å²) in [7, 11) is 1.60. The third-order valence-corrected chi connectivity index (χ3v) is 6.11. The molecule has 2 aromatic heterocycles. The van der Waals surface area contributed by atoms with Gasteiger partial charge in [0, 0.05) is 23.5 Å². The van der Waals surface area contributed by atoms with E-state index in [0.29, 0.717) is 16.7 Å². The summed E-state index contributed by atoms with van der Waals surface area (Å²) in [6.45, 7) is 0.0648. The number of nitrogens with zero attached hydrogens (tertiary/aromatic N) is 3. The minimum Gasteiger partial charge on any atom is -0.495 e. The number of carboxylic acid groups (broad SMARTS) is 1. The van der Waals surface area contributed by atoms with Gasteiger partial charge in [-0.25, -0.2) is 19.7 Å². The Labute approximate surface area is 171 Å². The number of carboxylic acids is 1. The monoisotopic (exact) mass is 414 g/mol. The second-order valence-electron chi connectivity index (χ2n) is 7.05. The number of anilines is 1. The fraction of sp³-hybridized carbons (Fsp3) is 0.400. The highest BCUT2D eigenvalue weighted by Gasteiger charge is 2.31. The predicted octanol–water partition coefficient (Wildman–Crippen LogP) is 3.50. The average Bonchev–Trinajstić information content (AvgIpc) is 3.36. The van der Waals surface area contributed by atoms with E-state index >= 15 is 0 Å². The molecular weight excluding hydrogens is 392 g/mol. The van der Waals surface area contributed by atoms with Crippen LogP contribution in [0.3, 0.4) is 0 Å².